The van der Waals surface area contributed by atoms with Crippen molar-refractivity contribution >= 4 is 24.2 Å². The van der Waals surface area contributed by atoms with Gasteiger partial charge in [0, 0.05) is 12.2 Å². The summed E-state index contributed by atoms with van der Waals surface area (Å²) in [6.45, 7) is 2.09. The van der Waals surface area contributed by atoms with Gasteiger partial charge >= 0.3 is 0 Å². The average Bonchev–Trinajstić information content (AvgIpc) is 2.50. The fourth-order valence-electron chi connectivity index (χ4n) is 0.957. The quantitative estimate of drug-likeness (QED) is 0.747. The molecule has 1 rings (SSSR count). The lowest BCUT2D eigenvalue weighted by Crippen LogP contribution is -2.06. The number of hydrogen-bond donors (Lipinski definition) is 2. The molecule has 1 atom stereocenters. The van der Waals surface area contributed by atoms with Gasteiger partial charge in [-0.3, -0.25) is 0 Å². The van der Waals surface area contributed by atoms with Gasteiger partial charge in [0.1, 0.15) is 0 Å². The fraction of sp³-hybridized carbons (Fsp3) is 0.500. The summed E-state index contributed by atoms with van der Waals surface area (Å²) < 4.78 is 0. The van der Waals surface area contributed by atoms with Crippen molar-refractivity contribution in [2.75, 3.05) is 6.26 Å². The van der Waals surface area contributed by atoms with Crippen LogP contribution in [0.4, 0.5) is 0 Å². The molecule has 0 aromatic carbocycles. The maximum Gasteiger partial charge on any atom is 0.0722 e. The Hall–Kier alpha value is -0.120. The first kappa shape index (κ1) is 11.9. The van der Waals surface area contributed by atoms with E-state index in [9.17, 15) is 0 Å². The molecule has 0 aliphatic rings. The molecule has 0 amide bonds. The molecule has 2 nitrogen and oxygen atoms in total. The minimum Gasteiger partial charge on any atom is -0.356 e. The highest BCUT2D eigenvalue weighted by Gasteiger charge is 2.04. The van der Waals surface area contributed by atoms with Gasteiger partial charge in [-0.1, -0.05) is 6.92 Å². The Labute approximate surface area is 83.7 Å². The van der Waals surface area contributed by atoms with Crippen molar-refractivity contribution in [1.82, 2.24) is 4.98 Å². The maximum atomic E-state index is 5.83. The summed E-state index contributed by atoms with van der Waals surface area (Å²) in [6.07, 6.45) is 5.03. The van der Waals surface area contributed by atoms with Crippen molar-refractivity contribution in [2.45, 2.75) is 24.4 Å². The van der Waals surface area contributed by atoms with Crippen molar-refractivity contribution in [3.05, 3.63) is 17.8 Å². The molecular weight excluding hydrogens is 192 g/mol. The zero-order valence-corrected chi connectivity index (χ0v) is 8.97. The Balaban J connectivity index is 0.00000121. The number of aromatic nitrogens is 1. The molecule has 0 spiro atoms. The van der Waals surface area contributed by atoms with E-state index in [2.05, 4.69) is 18.0 Å². The Morgan fingerprint density at radius 1 is 1.67 bits per heavy atom. The number of thioether (sulfide) groups is 1. The highest BCUT2D eigenvalue weighted by Crippen LogP contribution is 2.19. The fourth-order valence-corrected chi connectivity index (χ4v) is 1.39. The number of halogens is 1. The third-order valence-corrected chi connectivity index (χ3v) is 2.44. The second-order valence-electron chi connectivity index (χ2n) is 2.52. The predicted octanol–water partition coefficient (Wildman–Crippen LogP) is 2.57. The molecule has 3 N–H and O–H groups in total. The summed E-state index contributed by atoms with van der Waals surface area (Å²) in [7, 11) is 0. The highest BCUT2D eigenvalue weighted by molar-refractivity contribution is 7.98. The van der Waals surface area contributed by atoms with Crippen molar-refractivity contribution in [1.29, 1.82) is 0 Å². The standard InChI is InChI=1S/C8H14N2S.ClH/c1-3-7(9)6-4-8(11-2)10-5-6;/h4-5,7,10H,3,9H2,1-2H3;1H/t7-;/m0./s1. The smallest absolute Gasteiger partial charge is 0.0722 e. The summed E-state index contributed by atoms with van der Waals surface area (Å²) in [5, 5.41) is 1.18. The second-order valence-corrected chi connectivity index (χ2v) is 3.36. The van der Waals surface area contributed by atoms with E-state index in [1.807, 2.05) is 12.5 Å². The summed E-state index contributed by atoms with van der Waals surface area (Å²) in [5.41, 5.74) is 7.04. The molecule has 0 aliphatic heterocycles. The highest BCUT2D eigenvalue weighted by atomic mass is 35.5. The zero-order chi connectivity index (χ0) is 8.27. The molecule has 1 aromatic heterocycles. The number of hydrogen-bond acceptors (Lipinski definition) is 2. The molecule has 0 fully saturated rings. The molecule has 70 valence electrons. The van der Waals surface area contributed by atoms with Gasteiger partial charge in [-0.15, -0.1) is 24.2 Å². The van der Waals surface area contributed by atoms with Crippen LogP contribution in [0.5, 0.6) is 0 Å². The Morgan fingerprint density at radius 3 is 2.75 bits per heavy atom. The van der Waals surface area contributed by atoms with E-state index >= 15 is 0 Å². The van der Waals surface area contributed by atoms with Crippen LogP contribution in [0.25, 0.3) is 0 Å². The topological polar surface area (TPSA) is 41.8 Å². The molecule has 12 heavy (non-hydrogen) atoms. The van der Waals surface area contributed by atoms with E-state index in [0.29, 0.717) is 0 Å². The van der Waals surface area contributed by atoms with Gasteiger partial charge in [0.05, 0.1) is 5.03 Å². The SMILES string of the molecule is CC[C@H](N)c1c[nH]c(SC)c1.Cl. The van der Waals surface area contributed by atoms with E-state index in [0.717, 1.165) is 6.42 Å². The molecule has 4 heteroatoms. The van der Waals surface area contributed by atoms with E-state index < -0.39 is 0 Å². The Bertz CT molecular complexity index is 225. The first-order chi connectivity index (χ1) is 5.27. The van der Waals surface area contributed by atoms with Gasteiger partial charge in [0.2, 0.25) is 0 Å². The summed E-state index contributed by atoms with van der Waals surface area (Å²) >= 11 is 1.71. The van der Waals surface area contributed by atoms with Gasteiger partial charge in [0.25, 0.3) is 0 Å². The minimum atomic E-state index is 0. The van der Waals surface area contributed by atoms with Gasteiger partial charge in [-0.2, -0.15) is 0 Å². The van der Waals surface area contributed by atoms with Crippen molar-refractivity contribution in [3.8, 4) is 0 Å². The van der Waals surface area contributed by atoms with Crippen LogP contribution in [0.1, 0.15) is 24.9 Å². The summed E-state index contributed by atoms with van der Waals surface area (Å²) in [4.78, 5) is 3.15. The van der Waals surface area contributed by atoms with Crippen LogP contribution >= 0.6 is 24.2 Å². The van der Waals surface area contributed by atoms with Gasteiger partial charge in [-0.05, 0) is 24.3 Å². The second kappa shape index (κ2) is 5.51. The number of H-pyrrole nitrogens is 1. The maximum absolute atomic E-state index is 5.83. The monoisotopic (exact) mass is 206 g/mol. The molecule has 0 radical (unpaired) electrons. The Morgan fingerprint density at radius 2 is 2.33 bits per heavy atom. The first-order valence-corrected chi connectivity index (χ1v) is 4.98. The molecule has 0 saturated heterocycles. The average molecular weight is 207 g/mol. The van der Waals surface area contributed by atoms with E-state index in [-0.39, 0.29) is 18.4 Å². The minimum absolute atomic E-state index is 0. The number of nitrogens with two attached hydrogens (primary N) is 1. The van der Waals surface area contributed by atoms with Gasteiger partial charge < -0.3 is 10.7 Å². The molecule has 1 heterocycles. The molecular formula is C8H15ClN2S. The van der Waals surface area contributed by atoms with Crippen molar-refractivity contribution < 1.29 is 0 Å². The first-order valence-electron chi connectivity index (χ1n) is 3.75. The van der Waals surface area contributed by atoms with Gasteiger partial charge in [0.15, 0.2) is 0 Å². The number of aromatic amines is 1. The van der Waals surface area contributed by atoms with Crippen LogP contribution in [-0.2, 0) is 0 Å². The lowest BCUT2D eigenvalue weighted by Gasteiger charge is -2.03. The molecule has 0 saturated carbocycles. The lowest BCUT2D eigenvalue weighted by molar-refractivity contribution is 0.699. The van der Waals surface area contributed by atoms with Crippen molar-refractivity contribution in [3.63, 3.8) is 0 Å². The zero-order valence-electron chi connectivity index (χ0n) is 7.33. The largest absolute Gasteiger partial charge is 0.356 e. The Kier molecular flexibility index (Phi) is 5.46. The van der Waals surface area contributed by atoms with Crippen LogP contribution in [-0.4, -0.2) is 11.2 Å². The predicted molar refractivity (Wildman–Crippen MR) is 57.0 cm³/mol. The number of nitrogens with one attached hydrogen (secondary N) is 1. The van der Waals surface area contributed by atoms with Crippen molar-refractivity contribution in [2.24, 2.45) is 5.73 Å². The van der Waals surface area contributed by atoms with Crippen LogP contribution in [0.2, 0.25) is 0 Å². The lowest BCUT2D eigenvalue weighted by atomic mass is 10.1. The molecule has 0 unspecified atom stereocenters. The third kappa shape index (κ3) is 2.73. The van der Waals surface area contributed by atoms with E-state index in [1.54, 1.807) is 11.8 Å². The van der Waals surface area contributed by atoms with Crippen LogP contribution in [0, 0.1) is 0 Å². The molecule has 0 aliphatic carbocycles. The van der Waals surface area contributed by atoms with Gasteiger partial charge in [-0.25, -0.2) is 0 Å². The van der Waals surface area contributed by atoms with Crippen LogP contribution in [0.15, 0.2) is 17.3 Å². The normalized spacial score (nSPS) is 12.2. The van der Waals surface area contributed by atoms with E-state index in [1.165, 1.54) is 10.6 Å². The molecule has 0 bridgehead atoms. The third-order valence-electron chi connectivity index (χ3n) is 1.77. The molecule has 1 aromatic rings. The van der Waals surface area contributed by atoms with Crippen LogP contribution in [0.3, 0.4) is 0 Å². The van der Waals surface area contributed by atoms with Crippen LogP contribution < -0.4 is 5.73 Å². The summed E-state index contributed by atoms with van der Waals surface area (Å²) in [5.74, 6) is 0. The number of rotatable bonds is 3. The summed E-state index contributed by atoms with van der Waals surface area (Å²) in [6, 6.07) is 2.30. The van der Waals surface area contributed by atoms with E-state index in [4.69, 9.17) is 5.73 Å².